The summed E-state index contributed by atoms with van der Waals surface area (Å²) in [6.07, 6.45) is 0. The predicted octanol–water partition coefficient (Wildman–Crippen LogP) is 6.13. The summed E-state index contributed by atoms with van der Waals surface area (Å²) in [7, 11) is 1.66. The van der Waals surface area contributed by atoms with Crippen molar-refractivity contribution in [3.8, 4) is 16.9 Å². The smallest absolute Gasteiger partial charge is 0.302 e. The van der Waals surface area contributed by atoms with Crippen LogP contribution in [0.25, 0.3) is 11.1 Å². The highest BCUT2D eigenvalue weighted by atomic mass is 16.6. The minimum absolute atomic E-state index is 0.115. The van der Waals surface area contributed by atoms with Crippen LogP contribution < -0.4 is 15.0 Å². The lowest BCUT2D eigenvalue weighted by Gasteiger charge is -2.21. The van der Waals surface area contributed by atoms with Crippen molar-refractivity contribution in [1.82, 2.24) is 0 Å². The minimum Gasteiger partial charge on any atom is -0.488 e. The zero-order valence-corrected chi connectivity index (χ0v) is 22.1. The van der Waals surface area contributed by atoms with Gasteiger partial charge in [-0.2, -0.15) is 0 Å². The molecule has 2 amide bonds. The van der Waals surface area contributed by atoms with Crippen LogP contribution in [0.5, 0.6) is 5.75 Å². The van der Waals surface area contributed by atoms with Crippen LogP contribution in [0.4, 0.5) is 11.4 Å². The SMILES string of the molecule is CC(=O)OCCOc1ccccc1N(C)C(=O)c1ccc(NC(=O)c2ccccc2-c2ccc(C)cc2)cc1. The number of rotatable bonds is 9. The van der Waals surface area contributed by atoms with E-state index in [1.807, 2.05) is 55.5 Å². The van der Waals surface area contributed by atoms with E-state index in [0.29, 0.717) is 28.3 Å². The molecule has 0 aliphatic rings. The van der Waals surface area contributed by atoms with Gasteiger partial charge in [0.1, 0.15) is 19.0 Å². The molecule has 0 fully saturated rings. The Morgan fingerprint density at radius 1 is 0.795 bits per heavy atom. The van der Waals surface area contributed by atoms with Crippen molar-refractivity contribution >= 4 is 29.2 Å². The summed E-state index contributed by atoms with van der Waals surface area (Å²) in [5, 5.41) is 2.93. The minimum atomic E-state index is -0.380. The lowest BCUT2D eigenvalue weighted by molar-refractivity contribution is -0.141. The molecule has 7 nitrogen and oxygen atoms in total. The average Bonchev–Trinajstić information content (AvgIpc) is 2.95. The maximum absolute atomic E-state index is 13.2. The number of benzene rings is 4. The fourth-order valence-electron chi connectivity index (χ4n) is 4.06. The van der Waals surface area contributed by atoms with Crippen molar-refractivity contribution in [3.05, 3.63) is 114 Å². The summed E-state index contributed by atoms with van der Waals surface area (Å²) in [4.78, 5) is 38.8. The number of anilines is 2. The molecule has 0 saturated heterocycles. The van der Waals surface area contributed by atoms with Gasteiger partial charge in [-0.05, 0) is 60.5 Å². The molecule has 1 N–H and O–H groups in total. The molecular formula is C32H30N2O5. The zero-order valence-electron chi connectivity index (χ0n) is 22.1. The van der Waals surface area contributed by atoms with Gasteiger partial charge in [-0.15, -0.1) is 0 Å². The maximum atomic E-state index is 13.2. The summed E-state index contributed by atoms with van der Waals surface area (Å²) in [5.74, 6) is -0.359. The van der Waals surface area contributed by atoms with Gasteiger partial charge in [-0.3, -0.25) is 14.4 Å². The van der Waals surface area contributed by atoms with Gasteiger partial charge in [0.15, 0.2) is 0 Å². The molecule has 0 saturated carbocycles. The van der Waals surface area contributed by atoms with Crippen LogP contribution in [-0.2, 0) is 9.53 Å². The molecule has 0 unspecified atom stereocenters. The molecule has 0 radical (unpaired) electrons. The fraction of sp³-hybridized carbons (Fsp3) is 0.156. The number of aryl methyl sites for hydroxylation is 1. The Kier molecular flexibility index (Phi) is 8.74. The van der Waals surface area contributed by atoms with Crippen LogP contribution in [0.1, 0.15) is 33.2 Å². The highest BCUT2D eigenvalue weighted by molar-refractivity contribution is 6.09. The van der Waals surface area contributed by atoms with Crippen molar-refractivity contribution in [2.75, 3.05) is 30.5 Å². The summed E-state index contributed by atoms with van der Waals surface area (Å²) >= 11 is 0. The van der Waals surface area contributed by atoms with E-state index >= 15 is 0 Å². The lowest BCUT2D eigenvalue weighted by Crippen LogP contribution is -2.27. The first kappa shape index (κ1) is 27.1. The maximum Gasteiger partial charge on any atom is 0.302 e. The molecule has 0 spiro atoms. The lowest BCUT2D eigenvalue weighted by atomic mass is 9.98. The van der Waals surface area contributed by atoms with Crippen LogP contribution in [0.2, 0.25) is 0 Å². The number of ether oxygens (including phenoxy) is 2. The van der Waals surface area contributed by atoms with Crippen molar-refractivity contribution in [3.63, 3.8) is 0 Å². The normalized spacial score (nSPS) is 10.4. The van der Waals surface area contributed by atoms with Crippen molar-refractivity contribution < 1.29 is 23.9 Å². The van der Waals surface area contributed by atoms with E-state index in [1.165, 1.54) is 11.8 Å². The van der Waals surface area contributed by atoms with Crippen LogP contribution >= 0.6 is 0 Å². The van der Waals surface area contributed by atoms with Crippen molar-refractivity contribution in [2.45, 2.75) is 13.8 Å². The third-order valence-corrected chi connectivity index (χ3v) is 6.10. The third kappa shape index (κ3) is 6.90. The number of hydrogen-bond donors (Lipinski definition) is 1. The molecule has 0 atom stereocenters. The van der Waals surface area contributed by atoms with Gasteiger partial charge in [0.2, 0.25) is 0 Å². The number of carbonyl (C=O) groups excluding carboxylic acids is 3. The molecule has 4 aromatic rings. The second kappa shape index (κ2) is 12.6. The molecule has 198 valence electrons. The molecular weight excluding hydrogens is 492 g/mol. The van der Waals surface area contributed by atoms with Gasteiger partial charge in [0.05, 0.1) is 5.69 Å². The van der Waals surface area contributed by atoms with Gasteiger partial charge < -0.3 is 19.7 Å². The first-order chi connectivity index (χ1) is 18.8. The predicted molar refractivity (Wildman–Crippen MR) is 152 cm³/mol. The van der Waals surface area contributed by atoms with Gasteiger partial charge in [-0.1, -0.05) is 60.2 Å². The molecule has 0 aliphatic carbocycles. The highest BCUT2D eigenvalue weighted by Gasteiger charge is 2.18. The summed E-state index contributed by atoms with van der Waals surface area (Å²) < 4.78 is 10.6. The van der Waals surface area contributed by atoms with Gasteiger partial charge >= 0.3 is 5.97 Å². The topological polar surface area (TPSA) is 84.9 Å². The first-order valence-corrected chi connectivity index (χ1v) is 12.5. The molecule has 0 aliphatic heterocycles. The fourth-order valence-corrected chi connectivity index (χ4v) is 4.06. The molecule has 4 aromatic carbocycles. The largest absolute Gasteiger partial charge is 0.488 e. The number of nitrogens with zero attached hydrogens (tertiary/aromatic N) is 1. The average molecular weight is 523 g/mol. The summed E-state index contributed by atoms with van der Waals surface area (Å²) in [5.41, 5.74) is 5.12. The van der Waals surface area contributed by atoms with Crippen LogP contribution in [-0.4, -0.2) is 38.0 Å². The van der Waals surface area contributed by atoms with E-state index < -0.39 is 0 Å². The Morgan fingerprint density at radius 2 is 1.46 bits per heavy atom. The Bertz CT molecular complexity index is 1460. The Morgan fingerprint density at radius 3 is 2.18 bits per heavy atom. The van der Waals surface area contributed by atoms with Gasteiger partial charge in [0, 0.05) is 30.8 Å². The van der Waals surface area contributed by atoms with Gasteiger partial charge in [0.25, 0.3) is 11.8 Å². The van der Waals surface area contributed by atoms with Crippen molar-refractivity contribution in [1.29, 1.82) is 0 Å². The highest BCUT2D eigenvalue weighted by Crippen LogP contribution is 2.29. The van der Waals surface area contributed by atoms with E-state index in [2.05, 4.69) is 5.32 Å². The van der Waals surface area contributed by atoms with Crippen molar-refractivity contribution in [2.24, 2.45) is 0 Å². The number of nitrogens with one attached hydrogen (secondary N) is 1. The molecule has 4 rings (SSSR count). The summed E-state index contributed by atoms with van der Waals surface area (Å²) in [6, 6.07) is 29.4. The number of amides is 2. The first-order valence-electron chi connectivity index (χ1n) is 12.5. The number of carbonyl (C=O) groups is 3. The standard InChI is InChI=1S/C32H30N2O5/c1-22-12-14-24(15-13-22)27-8-4-5-9-28(27)31(36)33-26-18-16-25(17-19-26)32(37)34(3)29-10-6-7-11-30(29)39-21-20-38-23(2)35/h4-19H,20-21H2,1-3H3,(H,33,36). The molecule has 0 bridgehead atoms. The number of esters is 1. The molecule has 39 heavy (non-hydrogen) atoms. The van der Waals surface area contributed by atoms with E-state index in [-0.39, 0.29) is 31.0 Å². The van der Waals surface area contributed by atoms with E-state index in [1.54, 1.807) is 55.6 Å². The van der Waals surface area contributed by atoms with E-state index in [9.17, 15) is 14.4 Å². The monoisotopic (exact) mass is 522 g/mol. The van der Waals surface area contributed by atoms with Gasteiger partial charge in [-0.25, -0.2) is 0 Å². The second-order valence-corrected chi connectivity index (χ2v) is 8.96. The number of hydrogen-bond acceptors (Lipinski definition) is 5. The van der Waals surface area contributed by atoms with Crippen LogP contribution in [0.3, 0.4) is 0 Å². The third-order valence-electron chi connectivity index (χ3n) is 6.10. The van der Waals surface area contributed by atoms with Crippen LogP contribution in [0, 0.1) is 6.92 Å². The number of para-hydroxylation sites is 2. The van der Waals surface area contributed by atoms with E-state index in [0.717, 1.165) is 16.7 Å². The molecule has 0 heterocycles. The Hall–Kier alpha value is -4.91. The molecule has 7 heteroatoms. The Labute approximate surface area is 228 Å². The molecule has 0 aromatic heterocycles. The van der Waals surface area contributed by atoms with E-state index in [4.69, 9.17) is 9.47 Å². The quantitative estimate of drug-likeness (QED) is 0.211. The second-order valence-electron chi connectivity index (χ2n) is 8.96. The summed E-state index contributed by atoms with van der Waals surface area (Å²) in [6.45, 7) is 3.64. The zero-order chi connectivity index (χ0) is 27.8. The van der Waals surface area contributed by atoms with Crippen LogP contribution in [0.15, 0.2) is 97.1 Å². The Balaban J connectivity index is 1.44.